The van der Waals surface area contributed by atoms with Crippen LogP contribution in [0.15, 0.2) is 0 Å². The zero-order valence-electron chi connectivity index (χ0n) is 27.5. The van der Waals surface area contributed by atoms with Crippen molar-refractivity contribution in [2.75, 3.05) is 26.7 Å². The first-order valence-corrected chi connectivity index (χ1v) is 17.5. The third-order valence-corrected chi connectivity index (χ3v) is 8.64. The smallest absolute Gasteiger partial charge is 0.171 e. The molecule has 0 aromatic carbocycles. The number of rotatable bonds is 30. The lowest BCUT2D eigenvalue weighted by atomic mass is 9.87. The van der Waals surface area contributed by atoms with Crippen molar-refractivity contribution in [1.29, 1.82) is 0 Å². The van der Waals surface area contributed by atoms with Crippen LogP contribution in [-0.4, -0.2) is 47.7 Å². The second-order valence-electron chi connectivity index (χ2n) is 12.9. The summed E-state index contributed by atoms with van der Waals surface area (Å²) in [6.07, 6.45) is 30.5. The van der Waals surface area contributed by atoms with E-state index in [1.165, 1.54) is 109 Å². The van der Waals surface area contributed by atoms with Gasteiger partial charge >= 0.3 is 0 Å². The molecule has 236 valence electrons. The van der Waals surface area contributed by atoms with E-state index >= 15 is 0 Å². The van der Waals surface area contributed by atoms with E-state index in [-0.39, 0.29) is 18.2 Å². The van der Waals surface area contributed by atoms with E-state index in [2.05, 4.69) is 34.7 Å². The number of ketones is 1. The minimum absolute atomic E-state index is 0. The van der Waals surface area contributed by atoms with Crippen LogP contribution in [0.3, 0.4) is 0 Å². The molecule has 0 radical (unpaired) electrons. The number of aliphatic hydroxyl groups is 1. The lowest BCUT2D eigenvalue weighted by Crippen LogP contribution is -3.00. The van der Waals surface area contributed by atoms with Crippen molar-refractivity contribution in [2.24, 2.45) is 0 Å². The fraction of sp³-hybridized carbons (Fsp3) is 0.971. The molecule has 0 aromatic heterocycles. The predicted molar refractivity (Wildman–Crippen MR) is 169 cm³/mol. The number of hydrogen-bond acceptors (Lipinski definition) is 2. The molecule has 0 aromatic rings. The van der Waals surface area contributed by atoms with Gasteiger partial charge in [-0.3, -0.25) is 4.79 Å². The number of carbonyl (C=O) groups excluding carboxylic acids is 1. The molecule has 0 aliphatic rings. The van der Waals surface area contributed by atoms with Crippen molar-refractivity contribution in [2.45, 2.75) is 194 Å². The van der Waals surface area contributed by atoms with Crippen molar-refractivity contribution in [3.8, 4) is 0 Å². The molecule has 4 heteroatoms. The molecule has 0 aliphatic heterocycles. The highest BCUT2D eigenvalue weighted by molar-refractivity contribution is 5.87. The molecule has 0 amide bonds. The van der Waals surface area contributed by atoms with Crippen LogP contribution in [0, 0.1) is 0 Å². The van der Waals surface area contributed by atoms with Crippen molar-refractivity contribution in [3.05, 3.63) is 0 Å². The van der Waals surface area contributed by atoms with Crippen LogP contribution in [0.2, 0.25) is 0 Å². The molecule has 0 bridgehead atoms. The Labute approximate surface area is 252 Å². The summed E-state index contributed by atoms with van der Waals surface area (Å²) in [7, 11) is 2.26. The first-order chi connectivity index (χ1) is 18.4. The highest BCUT2D eigenvalue weighted by atomic mass is 35.5. The molecule has 1 atom stereocenters. The maximum absolute atomic E-state index is 13.4. The minimum atomic E-state index is -1.14. The Morgan fingerprint density at radius 2 is 0.872 bits per heavy atom. The topological polar surface area (TPSA) is 37.3 Å². The number of nitrogens with zero attached hydrogens (tertiary/aromatic N) is 1. The van der Waals surface area contributed by atoms with E-state index in [4.69, 9.17) is 0 Å². The molecule has 0 saturated heterocycles. The molecular formula is C35H72ClNO2. The maximum Gasteiger partial charge on any atom is 0.171 e. The Hall–Kier alpha value is -0.120. The van der Waals surface area contributed by atoms with Gasteiger partial charge in [-0.15, -0.1) is 0 Å². The number of likely N-dealkylation sites (N-methyl/N-ethyl adjacent to an activating group) is 1. The van der Waals surface area contributed by atoms with Crippen LogP contribution in [0.1, 0.15) is 188 Å². The largest absolute Gasteiger partial charge is 1.00 e. The number of hydrogen-bond donors (Lipinski definition) is 1. The number of quaternary nitrogens is 1. The fourth-order valence-corrected chi connectivity index (χ4v) is 6.38. The predicted octanol–water partition coefficient (Wildman–Crippen LogP) is 7.57. The zero-order valence-corrected chi connectivity index (χ0v) is 28.2. The molecule has 0 spiro atoms. The average Bonchev–Trinajstić information content (AvgIpc) is 2.88. The van der Waals surface area contributed by atoms with Crippen molar-refractivity contribution in [1.82, 2.24) is 0 Å². The summed E-state index contributed by atoms with van der Waals surface area (Å²) in [6, 6.07) is 0. The van der Waals surface area contributed by atoms with E-state index in [0.29, 0.717) is 19.4 Å². The second kappa shape index (κ2) is 28.0. The second-order valence-corrected chi connectivity index (χ2v) is 12.9. The summed E-state index contributed by atoms with van der Waals surface area (Å²) in [5.41, 5.74) is -1.14. The Kier molecular flexibility index (Phi) is 29.5. The van der Waals surface area contributed by atoms with Gasteiger partial charge in [0.25, 0.3) is 0 Å². The van der Waals surface area contributed by atoms with Crippen molar-refractivity contribution < 1.29 is 26.8 Å². The number of Topliss-reactive ketones (excluding diaryl/α,β-unsaturated/α-hetero) is 1. The van der Waals surface area contributed by atoms with Crippen molar-refractivity contribution in [3.63, 3.8) is 0 Å². The van der Waals surface area contributed by atoms with Gasteiger partial charge in [0, 0.05) is 6.42 Å². The van der Waals surface area contributed by atoms with Crippen LogP contribution < -0.4 is 12.4 Å². The van der Waals surface area contributed by atoms with Gasteiger partial charge in [0.1, 0.15) is 6.54 Å². The SMILES string of the molecule is CCCCCCCCCCCCCCC(O)(C[N+](C)(CCC)CCC)C(=O)CCCCCCCCCCC.[Cl-]. The van der Waals surface area contributed by atoms with Gasteiger partial charge in [-0.1, -0.05) is 150 Å². The summed E-state index contributed by atoms with van der Waals surface area (Å²) in [6.45, 7) is 11.7. The van der Waals surface area contributed by atoms with Crippen molar-refractivity contribution >= 4 is 5.78 Å². The monoisotopic (exact) mass is 574 g/mol. The van der Waals surface area contributed by atoms with Gasteiger partial charge in [-0.2, -0.15) is 0 Å². The summed E-state index contributed by atoms with van der Waals surface area (Å²) in [5, 5.41) is 11.8. The van der Waals surface area contributed by atoms with Gasteiger partial charge in [0.15, 0.2) is 11.4 Å². The molecule has 39 heavy (non-hydrogen) atoms. The van der Waals surface area contributed by atoms with Crippen LogP contribution >= 0.6 is 0 Å². The molecule has 3 nitrogen and oxygen atoms in total. The van der Waals surface area contributed by atoms with Crippen LogP contribution in [0.5, 0.6) is 0 Å². The number of halogens is 1. The third kappa shape index (κ3) is 23.2. The molecule has 0 rings (SSSR count). The highest BCUT2D eigenvalue weighted by Gasteiger charge is 2.41. The van der Waals surface area contributed by atoms with Gasteiger partial charge in [0.2, 0.25) is 0 Å². The van der Waals surface area contributed by atoms with E-state index in [9.17, 15) is 9.90 Å². The average molecular weight is 574 g/mol. The molecule has 0 fully saturated rings. The van der Waals surface area contributed by atoms with E-state index < -0.39 is 5.60 Å². The Morgan fingerprint density at radius 3 is 1.23 bits per heavy atom. The lowest BCUT2D eigenvalue weighted by Gasteiger charge is -2.40. The quantitative estimate of drug-likeness (QED) is 0.0710. The molecule has 0 saturated carbocycles. The minimum Gasteiger partial charge on any atom is -1.00 e. The van der Waals surface area contributed by atoms with Crippen LogP contribution in [-0.2, 0) is 4.79 Å². The first-order valence-electron chi connectivity index (χ1n) is 17.5. The molecule has 1 unspecified atom stereocenters. The normalized spacial score (nSPS) is 13.3. The first kappa shape index (κ1) is 41.0. The molecule has 0 aliphatic carbocycles. The molecular weight excluding hydrogens is 502 g/mol. The van der Waals surface area contributed by atoms with Crippen LogP contribution in [0.25, 0.3) is 0 Å². The maximum atomic E-state index is 13.4. The number of unbranched alkanes of at least 4 members (excludes halogenated alkanes) is 19. The van der Waals surface area contributed by atoms with Gasteiger partial charge in [-0.25, -0.2) is 0 Å². The zero-order chi connectivity index (χ0) is 28.4. The Bertz CT molecular complexity index is 521. The molecule has 0 heterocycles. The Balaban J connectivity index is 0. The fourth-order valence-electron chi connectivity index (χ4n) is 6.38. The van der Waals surface area contributed by atoms with E-state index in [1.54, 1.807) is 0 Å². The van der Waals surface area contributed by atoms with Crippen LogP contribution in [0.4, 0.5) is 0 Å². The number of carbonyl (C=O) groups is 1. The van der Waals surface area contributed by atoms with Gasteiger partial charge < -0.3 is 22.0 Å². The third-order valence-electron chi connectivity index (χ3n) is 8.64. The highest BCUT2D eigenvalue weighted by Crippen LogP contribution is 2.25. The Morgan fingerprint density at radius 1 is 0.538 bits per heavy atom. The summed E-state index contributed by atoms with van der Waals surface area (Å²) in [4.78, 5) is 13.4. The summed E-state index contributed by atoms with van der Waals surface area (Å²) < 4.78 is 0.825. The summed E-state index contributed by atoms with van der Waals surface area (Å²) >= 11 is 0. The molecule has 1 N–H and O–H groups in total. The van der Waals surface area contributed by atoms with Gasteiger partial charge in [-0.05, 0) is 32.1 Å². The van der Waals surface area contributed by atoms with Gasteiger partial charge in [0.05, 0.1) is 20.1 Å². The summed E-state index contributed by atoms with van der Waals surface area (Å²) in [5.74, 6) is 0.125. The van der Waals surface area contributed by atoms with E-state index in [0.717, 1.165) is 56.1 Å². The lowest BCUT2D eigenvalue weighted by molar-refractivity contribution is -0.914. The standard InChI is InChI=1S/C35H72NO2.ClH/c1-6-10-12-14-16-18-19-20-22-24-26-28-30-35(38,33-36(5,31-8-3)32-9-4)34(37)29-27-25-23-21-17-15-13-11-7-2;/h38H,6-33H2,1-5H3;1H/q+1;/p-1. The van der Waals surface area contributed by atoms with E-state index in [1.807, 2.05) is 0 Å².